The van der Waals surface area contributed by atoms with Crippen molar-refractivity contribution in [2.45, 2.75) is 38.6 Å². The van der Waals surface area contributed by atoms with Crippen molar-refractivity contribution in [2.75, 3.05) is 12.8 Å². The molecule has 1 aromatic carbocycles. The fraction of sp³-hybridized carbons (Fsp3) is 0.389. The Hall–Kier alpha value is -3.24. The number of nitrogen functional groups attached to an aromatic ring is 1. The van der Waals surface area contributed by atoms with E-state index in [1.165, 1.54) is 37.7 Å². The maximum absolute atomic E-state index is 13.4. The smallest absolute Gasteiger partial charge is 0.412 e. The Morgan fingerprint density at radius 2 is 1.69 bits per heavy atom. The topological polar surface area (TPSA) is 109 Å². The minimum absolute atomic E-state index is 0.0103. The maximum atomic E-state index is 13.4. The van der Waals surface area contributed by atoms with E-state index >= 15 is 0 Å². The Kier molecular flexibility index (Phi) is 6.40. The second-order valence-corrected chi connectivity index (χ2v) is 6.89. The van der Waals surface area contributed by atoms with E-state index in [9.17, 15) is 18.0 Å². The highest BCUT2D eigenvalue weighted by Crippen LogP contribution is 2.35. The van der Waals surface area contributed by atoms with Crippen molar-refractivity contribution in [3.8, 4) is 17.5 Å². The SMILES string of the molecule is COc1ncnc(Oc2ccc([C@@H](NC(=O)OC(C)(C)C)C(F)(F)F)cc2)c1N. The molecular weight excluding hydrogens is 393 g/mol. The number of carbonyl (C=O) groups is 1. The largest absolute Gasteiger partial charge is 0.479 e. The lowest BCUT2D eigenvalue weighted by molar-refractivity contribution is -0.156. The van der Waals surface area contributed by atoms with Crippen molar-refractivity contribution in [2.24, 2.45) is 0 Å². The highest BCUT2D eigenvalue weighted by atomic mass is 19.4. The molecule has 0 aliphatic rings. The number of amides is 1. The number of halogens is 3. The molecule has 0 unspecified atom stereocenters. The number of methoxy groups -OCH3 is 1. The van der Waals surface area contributed by atoms with Gasteiger partial charge in [0.05, 0.1) is 7.11 Å². The number of anilines is 1. The summed E-state index contributed by atoms with van der Waals surface area (Å²) in [5, 5.41) is 1.84. The molecule has 8 nitrogen and oxygen atoms in total. The lowest BCUT2D eigenvalue weighted by Gasteiger charge is -2.25. The van der Waals surface area contributed by atoms with Crippen LogP contribution in [-0.2, 0) is 4.74 Å². The van der Waals surface area contributed by atoms with Crippen LogP contribution in [0.15, 0.2) is 30.6 Å². The molecule has 0 radical (unpaired) electrons. The van der Waals surface area contributed by atoms with Gasteiger partial charge in [-0.1, -0.05) is 12.1 Å². The maximum Gasteiger partial charge on any atom is 0.412 e. The second kappa shape index (κ2) is 8.41. The van der Waals surface area contributed by atoms with Gasteiger partial charge in [0.15, 0.2) is 11.7 Å². The predicted molar refractivity (Wildman–Crippen MR) is 97.7 cm³/mol. The fourth-order valence-electron chi connectivity index (χ4n) is 2.23. The van der Waals surface area contributed by atoms with Gasteiger partial charge in [0.2, 0.25) is 11.8 Å². The normalized spacial score (nSPS) is 12.8. The highest BCUT2D eigenvalue weighted by Gasteiger charge is 2.42. The van der Waals surface area contributed by atoms with Gasteiger partial charge < -0.3 is 25.3 Å². The van der Waals surface area contributed by atoms with Crippen LogP contribution in [0.5, 0.6) is 17.5 Å². The fourth-order valence-corrected chi connectivity index (χ4v) is 2.23. The van der Waals surface area contributed by atoms with Crippen molar-refractivity contribution in [1.29, 1.82) is 0 Å². The number of alkyl halides is 3. The van der Waals surface area contributed by atoms with E-state index < -0.39 is 23.9 Å². The Bertz CT molecular complexity index is 852. The number of alkyl carbamates (subject to hydrolysis) is 1. The minimum Gasteiger partial charge on any atom is -0.479 e. The molecule has 2 aromatic rings. The number of nitrogens with zero attached hydrogens (tertiary/aromatic N) is 2. The summed E-state index contributed by atoms with van der Waals surface area (Å²) in [5.74, 6) is 0.272. The van der Waals surface area contributed by atoms with Gasteiger partial charge in [0.1, 0.15) is 17.7 Å². The number of ether oxygens (including phenoxy) is 3. The molecular formula is C18H21F3N4O4. The summed E-state index contributed by atoms with van der Waals surface area (Å²) in [6, 6.07) is 2.66. The molecule has 2 rings (SSSR count). The molecule has 29 heavy (non-hydrogen) atoms. The molecule has 0 saturated heterocycles. The van der Waals surface area contributed by atoms with Crippen molar-refractivity contribution < 1.29 is 32.2 Å². The van der Waals surface area contributed by atoms with Crippen LogP contribution < -0.4 is 20.5 Å². The summed E-state index contributed by atoms with van der Waals surface area (Å²) >= 11 is 0. The molecule has 1 aromatic heterocycles. The summed E-state index contributed by atoms with van der Waals surface area (Å²) in [6.07, 6.45) is -4.74. The zero-order chi connectivity index (χ0) is 21.8. The summed E-state index contributed by atoms with van der Waals surface area (Å²) in [4.78, 5) is 19.5. The van der Waals surface area contributed by atoms with Gasteiger partial charge >= 0.3 is 12.3 Å². The van der Waals surface area contributed by atoms with Gasteiger partial charge in [-0.05, 0) is 38.5 Å². The zero-order valence-electron chi connectivity index (χ0n) is 16.2. The Balaban J connectivity index is 2.20. The molecule has 1 heterocycles. The van der Waals surface area contributed by atoms with Crippen molar-refractivity contribution in [1.82, 2.24) is 15.3 Å². The molecule has 0 bridgehead atoms. The summed E-state index contributed by atoms with van der Waals surface area (Å²) < 4.78 is 55.6. The van der Waals surface area contributed by atoms with Gasteiger partial charge in [0, 0.05) is 0 Å². The van der Waals surface area contributed by atoms with E-state index in [1.807, 2.05) is 5.32 Å². The number of hydrogen-bond acceptors (Lipinski definition) is 7. The van der Waals surface area contributed by atoms with E-state index in [0.29, 0.717) is 0 Å². The summed E-state index contributed by atoms with van der Waals surface area (Å²) in [6.45, 7) is 4.65. The van der Waals surface area contributed by atoms with Crippen LogP contribution in [0, 0.1) is 0 Å². The number of benzene rings is 1. The molecule has 0 aliphatic carbocycles. The minimum atomic E-state index is -4.73. The molecule has 11 heteroatoms. The zero-order valence-corrected chi connectivity index (χ0v) is 16.2. The second-order valence-electron chi connectivity index (χ2n) is 6.89. The first-order chi connectivity index (χ1) is 13.4. The first-order valence-corrected chi connectivity index (χ1v) is 8.39. The third-order valence-electron chi connectivity index (χ3n) is 3.42. The monoisotopic (exact) mass is 414 g/mol. The van der Waals surface area contributed by atoms with Crippen molar-refractivity contribution >= 4 is 11.8 Å². The molecule has 1 amide bonds. The summed E-state index contributed by atoms with van der Waals surface area (Å²) in [5.41, 5.74) is 4.70. The van der Waals surface area contributed by atoms with E-state index in [1.54, 1.807) is 20.8 Å². The van der Waals surface area contributed by atoms with E-state index in [-0.39, 0.29) is 28.8 Å². The van der Waals surface area contributed by atoms with Crippen LogP contribution in [0.1, 0.15) is 32.4 Å². The third-order valence-corrected chi connectivity index (χ3v) is 3.42. The Morgan fingerprint density at radius 1 is 1.10 bits per heavy atom. The van der Waals surface area contributed by atoms with Gasteiger partial charge in [-0.3, -0.25) is 0 Å². The average Bonchev–Trinajstić information content (AvgIpc) is 2.60. The molecule has 0 aliphatic heterocycles. The summed E-state index contributed by atoms with van der Waals surface area (Å²) in [7, 11) is 1.37. The van der Waals surface area contributed by atoms with Gasteiger partial charge in [-0.25, -0.2) is 4.79 Å². The van der Waals surface area contributed by atoms with Gasteiger partial charge in [-0.2, -0.15) is 23.1 Å². The lowest BCUT2D eigenvalue weighted by Crippen LogP contribution is -2.41. The van der Waals surface area contributed by atoms with Crippen molar-refractivity contribution in [3.63, 3.8) is 0 Å². The van der Waals surface area contributed by atoms with Crippen molar-refractivity contribution in [3.05, 3.63) is 36.2 Å². The molecule has 0 saturated carbocycles. The van der Waals surface area contributed by atoms with E-state index in [0.717, 1.165) is 0 Å². The van der Waals surface area contributed by atoms with Gasteiger partial charge in [-0.15, -0.1) is 0 Å². The number of carbonyl (C=O) groups excluding carboxylic acids is 1. The van der Waals surface area contributed by atoms with E-state index in [2.05, 4.69) is 9.97 Å². The van der Waals surface area contributed by atoms with Crippen LogP contribution in [0.4, 0.5) is 23.7 Å². The van der Waals surface area contributed by atoms with E-state index in [4.69, 9.17) is 19.9 Å². The molecule has 1 atom stereocenters. The molecule has 158 valence electrons. The standard InChI is InChI=1S/C18H21F3N4O4/c1-17(2,3)29-16(26)25-13(18(19,20)21)10-5-7-11(8-6-10)28-15-12(22)14(27-4)23-9-24-15/h5-9,13H,22H2,1-4H3,(H,25,26)/t13-/m1/s1. The number of rotatable bonds is 5. The average molecular weight is 414 g/mol. The lowest BCUT2D eigenvalue weighted by atomic mass is 10.1. The number of nitrogens with two attached hydrogens (primary N) is 1. The highest BCUT2D eigenvalue weighted by molar-refractivity contribution is 5.68. The Labute approximate surface area is 165 Å². The number of hydrogen-bond donors (Lipinski definition) is 2. The van der Waals surface area contributed by atoms with Crippen LogP contribution in [0.3, 0.4) is 0 Å². The molecule has 0 spiro atoms. The number of aromatic nitrogens is 2. The van der Waals surface area contributed by atoms with Crippen LogP contribution in [0.25, 0.3) is 0 Å². The van der Waals surface area contributed by atoms with Gasteiger partial charge in [0.25, 0.3) is 0 Å². The van der Waals surface area contributed by atoms with Crippen LogP contribution in [0.2, 0.25) is 0 Å². The third kappa shape index (κ3) is 6.13. The number of nitrogens with one attached hydrogen (secondary N) is 1. The molecule has 3 N–H and O–H groups in total. The first-order valence-electron chi connectivity index (χ1n) is 8.39. The quantitative estimate of drug-likeness (QED) is 0.761. The molecule has 0 fully saturated rings. The first kappa shape index (κ1) is 22.1. The van der Waals surface area contributed by atoms with Crippen LogP contribution in [-0.4, -0.2) is 34.9 Å². The van der Waals surface area contributed by atoms with Crippen LogP contribution >= 0.6 is 0 Å². The Morgan fingerprint density at radius 3 is 2.21 bits per heavy atom. The predicted octanol–water partition coefficient (Wildman–Crippen LogP) is 3.99.